The molecule has 0 aliphatic carbocycles. The van der Waals surface area contributed by atoms with Crippen molar-refractivity contribution in [2.45, 2.75) is 26.3 Å². The van der Waals surface area contributed by atoms with Gasteiger partial charge >= 0.3 is 11.8 Å². The minimum Gasteiger partial charge on any atom is -0.372 e. The van der Waals surface area contributed by atoms with Crippen molar-refractivity contribution in [3.05, 3.63) is 54.4 Å². The lowest BCUT2D eigenvalue weighted by Gasteiger charge is -2.32. The third-order valence-corrected chi connectivity index (χ3v) is 4.66. The standard InChI is InChI=1S/C20H24N4O2/c1-15-8-11-24(12-9-15)18-6-4-17(5-7-18)23-20(26)19(25)22-14-16-3-2-10-21-13-16/h2-7,10,13,15H,8-9,11-12,14H2,1H3,(H,22,25)(H,23,26). The Morgan fingerprint density at radius 1 is 1.12 bits per heavy atom. The second kappa shape index (κ2) is 8.47. The van der Waals surface area contributed by atoms with Crippen LogP contribution in [0.25, 0.3) is 0 Å². The van der Waals surface area contributed by atoms with Crippen LogP contribution >= 0.6 is 0 Å². The molecule has 1 aromatic carbocycles. The number of piperidine rings is 1. The van der Waals surface area contributed by atoms with E-state index in [2.05, 4.69) is 27.4 Å². The van der Waals surface area contributed by atoms with Gasteiger partial charge in [-0.15, -0.1) is 0 Å². The molecule has 2 amide bonds. The number of nitrogens with one attached hydrogen (secondary N) is 2. The predicted octanol–water partition coefficient (Wildman–Crippen LogP) is 2.57. The summed E-state index contributed by atoms with van der Waals surface area (Å²) in [6.07, 6.45) is 5.72. The van der Waals surface area contributed by atoms with Crippen LogP contribution in [0.3, 0.4) is 0 Å². The number of benzene rings is 1. The average molecular weight is 352 g/mol. The summed E-state index contributed by atoms with van der Waals surface area (Å²) in [7, 11) is 0. The topological polar surface area (TPSA) is 74.3 Å². The monoisotopic (exact) mass is 352 g/mol. The van der Waals surface area contributed by atoms with Crippen LogP contribution in [-0.2, 0) is 16.1 Å². The fraction of sp³-hybridized carbons (Fsp3) is 0.350. The van der Waals surface area contributed by atoms with E-state index in [1.165, 1.54) is 12.8 Å². The SMILES string of the molecule is CC1CCN(c2ccc(NC(=O)C(=O)NCc3cccnc3)cc2)CC1. The molecule has 1 aliphatic heterocycles. The Kier molecular flexibility index (Phi) is 5.84. The van der Waals surface area contributed by atoms with Gasteiger partial charge in [-0.1, -0.05) is 13.0 Å². The molecule has 2 N–H and O–H groups in total. The van der Waals surface area contributed by atoms with Crippen LogP contribution in [0.1, 0.15) is 25.3 Å². The molecule has 0 saturated carbocycles. The van der Waals surface area contributed by atoms with Crippen LogP contribution in [0.15, 0.2) is 48.8 Å². The molecular formula is C20H24N4O2. The number of rotatable bonds is 4. The highest BCUT2D eigenvalue weighted by Crippen LogP contribution is 2.24. The molecule has 26 heavy (non-hydrogen) atoms. The molecule has 0 spiro atoms. The van der Waals surface area contributed by atoms with Gasteiger partial charge in [-0.3, -0.25) is 14.6 Å². The largest absolute Gasteiger partial charge is 0.372 e. The molecular weight excluding hydrogens is 328 g/mol. The molecule has 1 fully saturated rings. The molecule has 0 bridgehead atoms. The maximum atomic E-state index is 12.0. The van der Waals surface area contributed by atoms with E-state index in [1.807, 2.05) is 30.3 Å². The number of amides is 2. The Morgan fingerprint density at radius 3 is 2.50 bits per heavy atom. The Bertz CT molecular complexity index is 738. The molecule has 6 heteroatoms. The predicted molar refractivity (Wildman–Crippen MR) is 102 cm³/mol. The van der Waals surface area contributed by atoms with Crippen LogP contribution in [0.2, 0.25) is 0 Å². The van der Waals surface area contributed by atoms with Crippen LogP contribution in [0.4, 0.5) is 11.4 Å². The van der Waals surface area contributed by atoms with E-state index >= 15 is 0 Å². The lowest BCUT2D eigenvalue weighted by atomic mass is 9.99. The lowest BCUT2D eigenvalue weighted by molar-refractivity contribution is -0.136. The summed E-state index contributed by atoms with van der Waals surface area (Å²) < 4.78 is 0. The van der Waals surface area contributed by atoms with Crippen molar-refractivity contribution in [3.63, 3.8) is 0 Å². The highest BCUT2D eigenvalue weighted by molar-refractivity contribution is 6.39. The summed E-state index contributed by atoms with van der Waals surface area (Å²) in [4.78, 5) is 30.2. The Balaban J connectivity index is 1.50. The molecule has 0 radical (unpaired) electrons. The van der Waals surface area contributed by atoms with Crippen molar-refractivity contribution in [1.82, 2.24) is 10.3 Å². The van der Waals surface area contributed by atoms with E-state index in [0.29, 0.717) is 5.69 Å². The van der Waals surface area contributed by atoms with E-state index < -0.39 is 11.8 Å². The summed E-state index contributed by atoms with van der Waals surface area (Å²) in [6, 6.07) is 11.3. The highest BCUT2D eigenvalue weighted by atomic mass is 16.2. The molecule has 0 atom stereocenters. The Labute approximate surface area is 153 Å². The molecule has 0 unspecified atom stereocenters. The molecule has 2 heterocycles. The first-order chi connectivity index (χ1) is 12.6. The fourth-order valence-corrected chi connectivity index (χ4v) is 2.98. The maximum absolute atomic E-state index is 12.0. The van der Waals surface area contributed by atoms with Crippen LogP contribution in [0.5, 0.6) is 0 Å². The Hall–Kier alpha value is -2.89. The zero-order chi connectivity index (χ0) is 18.4. The third kappa shape index (κ3) is 4.81. The van der Waals surface area contributed by atoms with Gasteiger partial charge in [0, 0.05) is 43.4 Å². The molecule has 6 nitrogen and oxygen atoms in total. The lowest BCUT2D eigenvalue weighted by Crippen LogP contribution is -2.35. The third-order valence-electron chi connectivity index (χ3n) is 4.66. The van der Waals surface area contributed by atoms with Gasteiger partial charge in [0.05, 0.1) is 0 Å². The first-order valence-corrected chi connectivity index (χ1v) is 8.95. The minimum atomic E-state index is -0.673. The van der Waals surface area contributed by atoms with E-state index in [-0.39, 0.29) is 6.54 Å². The van der Waals surface area contributed by atoms with Crippen LogP contribution in [0, 0.1) is 5.92 Å². The van der Waals surface area contributed by atoms with Gasteiger partial charge in [0.2, 0.25) is 0 Å². The number of hydrogen-bond acceptors (Lipinski definition) is 4. The van der Waals surface area contributed by atoms with Crippen molar-refractivity contribution in [2.24, 2.45) is 5.92 Å². The number of pyridine rings is 1. The number of hydrogen-bond donors (Lipinski definition) is 2. The van der Waals surface area contributed by atoms with Crippen molar-refractivity contribution < 1.29 is 9.59 Å². The number of nitrogens with zero attached hydrogens (tertiary/aromatic N) is 2. The second-order valence-electron chi connectivity index (χ2n) is 6.71. The molecule has 1 aromatic heterocycles. The van der Waals surface area contributed by atoms with Crippen LogP contribution in [-0.4, -0.2) is 29.9 Å². The van der Waals surface area contributed by atoms with E-state index in [9.17, 15) is 9.59 Å². The normalized spacial score (nSPS) is 14.7. The summed E-state index contributed by atoms with van der Waals surface area (Å²) in [5.74, 6) is -0.550. The highest BCUT2D eigenvalue weighted by Gasteiger charge is 2.17. The average Bonchev–Trinajstić information content (AvgIpc) is 2.68. The van der Waals surface area contributed by atoms with E-state index in [4.69, 9.17) is 0 Å². The van der Waals surface area contributed by atoms with Gasteiger partial charge < -0.3 is 15.5 Å². The van der Waals surface area contributed by atoms with Crippen molar-refractivity contribution in [3.8, 4) is 0 Å². The van der Waals surface area contributed by atoms with Gasteiger partial charge in [-0.25, -0.2) is 0 Å². The van der Waals surface area contributed by atoms with Crippen LogP contribution < -0.4 is 15.5 Å². The smallest absolute Gasteiger partial charge is 0.313 e. The van der Waals surface area contributed by atoms with Gasteiger partial charge in [0.1, 0.15) is 0 Å². The summed E-state index contributed by atoms with van der Waals surface area (Å²) in [6.45, 7) is 4.68. The summed E-state index contributed by atoms with van der Waals surface area (Å²) in [5, 5.41) is 5.22. The quantitative estimate of drug-likeness (QED) is 0.830. The van der Waals surface area contributed by atoms with Gasteiger partial charge in [-0.05, 0) is 54.7 Å². The molecule has 136 valence electrons. The molecule has 1 saturated heterocycles. The number of aromatic nitrogens is 1. The number of anilines is 2. The second-order valence-corrected chi connectivity index (χ2v) is 6.71. The van der Waals surface area contributed by atoms with Crippen molar-refractivity contribution >= 4 is 23.2 Å². The minimum absolute atomic E-state index is 0.270. The van der Waals surface area contributed by atoms with Crippen molar-refractivity contribution in [2.75, 3.05) is 23.3 Å². The van der Waals surface area contributed by atoms with E-state index in [1.54, 1.807) is 18.5 Å². The zero-order valence-corrected chi connectivity index (χ0v) is 14.9. The zero-order valence-electron chi connectivity index (χ0n) is 14.9. The maximum Gasteiger partial charge on any atom is 0.313 e. The molecule has 1 aliphatic rings. The van der Waals surface area contributed by atoms with Gasteiger partial charge in [0.25, 0.3) is 0 Å². The van der Waals surface area contributed by atoms with Gasteiger partial charge in [-0.2, -0.15) is 0 Å². The van der Waals surface area contributed by atoms with Crippen molar-refractivity contribution in [1.29, 1.82) is 0 Å². The summed E-state index contributed by atoms with van der Waals surface area (Å²) >= 11 is 0. The fourth-order valence-electron chi connectivity index (χ4n) is 2.98. The Morgan fingerprint density at radius 2 is 1.85 bits per heavy atom. The first kappa shape index (κ1) is 17.9. The number of carbonyl (C=O) groups is 2. The summed E-state index contributed by atoms with van der Waals surface area (Å²) in [5.41, 5.74) is 2.60. The van der Waals surface area contributed by atoms with Gasteiger partial charge in [0.15, 0.2) is 0 Å². The number of carbonyl (C=O) groups excluding carboxylic acids is 2. The first-order valence-electron chi connectivity index (χ1n) is 8.95. The molecule has 2 aromatic rings. The van der Waals surface area contributed by atoms with E-state index in [0.717, 1.165) is 30.3 Å². The molecule has 3 rings (SSSR count).